The summed E-state index contributed by atoms with van der Waals surface area (Å²) in [6.07, 6.45) is 1.31. The van der Waals surface area contributed by atoms with Gasteiger partial charge in [-0.05, 0) is 24.3 Å². The lowest BCUT2D eigenvalue weighted by molar-refractivity contribution is 0.102. The van der Waals surface area contributed by atoms with E-state index >= 15 is 0 Å². The highest BCUT2D eigenvalue weighted by Crippen LogP contribution is 2.16. The number of carbonyl (C=O) groups excluding carboxylic acids is 1. The maximum Gasteiger partial charge on any atom is 0.275 e. The summed E-state index contributed by atoms with van der Waals surface area (Å²) in [5.41, 5.74) is 0.528. The summed E-state index contributed by atoms with van der Waals surface area (Å²) >= 11 is 5.74. The molecule has 7 nitrogen and oxygen atoms in total. The van der Waals surface area contributed by atoms with E-state index in [0.29, 0.717) is 5.69 Å². The molecule has 0 bridgehead atoms. The van der Waals surface area contributed by atoms with E-state index in [2.05, 4.69) is 15.5 Å². The van der Waals surface area contributed by atoms with Gasteiger partial charge in [0.05, 0.1) is 16.1 Å². The molecule has 0 fully saturated rings. The topological polar surface area (TPSA) is 118 Å². The molecule has 0 saturated heterocycles. The smallest absolute Gasteiger partial charge is 0.275 e. The van der Waals surface area contributed by atoms with Crippen LogP contribution in [0.5, 0.6) is 0 Å². The van der Waals surface area contributed by atoms with E-state index in [1.165, 1.54) is 30.5 Å². The zero-order chi connectivity index (χ0) is 14.0. The number of sulfonamides is 1. The molecular formula is C10H9ClN4O3S. The Morgan fingerprint density at radius 2 is 1.95 bits per heavy atom. The van der Waals surface area contributed by atoms with Crippen molar-refractivity contribution in [3.63, 3.8) is 0 Å². The molecule has 0 saturated carbocycles. The molecule has 1 aromatic carbocycles. The lowest BCUT2D eigenvalue weighted by Crippen LogP contribution is -2.14. The van der Waals surface area contributed by atoms with Crippen LogP contribution in [0.25, 0.3) is 0 Å². The zero-order valence-electron chi connectivity index (χ0n) is 9.42. The van der Waals surface area contributed by atoms with E-state index in [1.807, 2.05) is 0 Å². The summed E-state index contributed by atoms with van der Waals surface area (Å²) < 4.78 is 22.1. The molecule has 1 amide bonds. The first kappa shape index (κ1) is 13.5. The summed E-state index contributed by atoms with van der Waals surface area (Å²) in [6.45, 7) is 0. The van der Waals surface area contributed by atoms with Crippen molar-refractivity contribution in [3.8, 4) is 0 Å². The molecular weight excluding hydrogens is 292 g/mol. The quantitative estimate of drug-likeness (QED) is 0.782. The predicted octanol–water partition coefficient (Wildman–Crippen LogP) is 0.963. The third kappa shape index (κ3) is 3.11. The highest BCUT2D eigenvalue weighted by Gasteiger charge is 2.13. The van der Waals surface area contributed by atoms with Gasteiger partial charge in [0.2, 0.25) is 10.0 Å². The molecule has 0 aliphatic carbocycles. The summed E-state index contributed by atoms with van der Waals surface area (Å²) in [5.74, 6) is -0.481. The number of rotatable bonds is 3. The average molecular weight is 301 g/mol. The van der Waals surface area contributed by atoms with Crippen LogP contribution in [0.3, 0.4) is 0 Å². The van der Waals surface area contributed by atoms with Crippen LogP contribution >= 0.6 is 11.6 Å². The van der Waals surface area contributed by atoms with Crippen molar-refractivity contribution in [2.24, 2.45) is 5.14 Å². The second kappa shape index (κ2) is 5.00. The minimum Gasteiger partial charge on any atom is -0.321 e. The van der Waals surface area contributed by atoms with Crippen LogP contribution in [0.4, 0.5) is 5.69 Å². The highest BCUT2D eigenvalue weighted by molar-refractivity contribution is 7.89. The SMILES string of the molecule is NS(=O)(=O)c1ccc(NC(=O)c2[nH]ncc2Cl)cc1. The van der Waals surface area contributed by atoms with E-state index < -0.39 is 15.9 Å². The standard InChI is InChI=1S/C10H9ClN4O3S/c11-8-5-13-15-9(8)10(16)14-6-1-3-7(4-2-6)19(12,17)18/h1-5H,(H,13,15)(H,14,16)(H2,12,17,18). The number of primary sulfonamides is 1. The van der Waals surface area contributed by atoms with E-state index in [1.54, 1.807) is 0 Å². The Morgan fingerprint density at radius 1 is 1.32 bits per heavy atom. The number of aromatic amines is 1. The molecule has 100 valence electrons. The fourth-order valence-corrected chi connectivity index (χ4v) is 2.04. The number of aromatic nitrogens is 2. The summed E-state index contributed by atoms with van der Waals surface area (Å²) in [7, 11) is -3.75. The zero-order valence-corrected chi connectivity index (χ0v) is 11.0. The number of H-pyrrole nitrogens is 1. The van der Waals surface area contributed by atoms with Crippen molar-refractivity contribution in [2.45, 2.75) is 4.90 Å². The number of halogens is 1. The number of benzene rings is 1. The first-order valence-corrected chi connectivity index (χ1v) is 6.93. The molecule has 2 aromatic rings. The van der Waals surface area contributed by atoms with Gasteiger partial charge >= 0.3 is 0 Å². The number of nitrogens with two attached hydrogens (primary N) is 1. The largest absolute Gasteiger partial charge is 0.321 e. The number of hydrogen-bond acceptors (Lipinski definition) is 4. The third-order valence-corrected chi connectivity index (χ3v) is 3.48. The van der Waals surface area contributed by atoms with Crippen molar-refractivity contribution in [2.75, 3.05) is 5.32 Å². The maximum absolute atomic E-state index is 11.8. The van der Waals surface area contributed by atoms with Crippen LogP contribution in [0.2, 0.25) is 5.02 Å². The minimum atomic E-state index is -3.75. The molecule has 0 unspecified atom stereocenters. The first-order chi connectivity index (χ1) is 8.88. The predicted molar refractivity (Wildman–Crippen MR) is 69.4 cm³/mol. The fraction of sp³-hybridized carbons (Fsp3) is 0. The number of anilines is 1. The highest BCUT2D eigenvalue weighted by atomic mass is 35.5. The molecule has 4 N–H and O–H groups in total. The molecule has 0 aliphatic heterocycles. The molecule has 2 rings (SSSR count). The van der Waals surface area contributed by atoms with Gasteiger partial charge in [-0.2, -0.15) is 5.10 Å². The van der Waals surface area contributed by atoms with Crippen molar-refractivity contribution in [1.29, 1.82) is 0 Å². The van der Waals surface area contributed by atoms with Crippen LogP contribution in [-0.4, -0.2) is 24.5 Å². The van der Waals surface area contributed by atoms with Gasteiger partial charge in [0.1, 0.15) is 5.69 Å². The average Bonchev–Trinajstić information content (AvgIpc) is 2.75. The Morgan fingerprint density at radius 3 is 2.42 bits per heavy atom. The summed E-state index contributed by atoms with van der Waals surface area (Å²) in [4.78, 5) is 11.7. The molecule has 1 aromatic heterocycles. The second-order valence-electron chi connectivity index (χ2n) is 3.62. The van der Waals surface area contributed by atoms with Gasteiger partial charge in [0.15, 0.2) is 0 Å². The van der Waals surface area contributed by atoms with Gasteiger partial charge in [-0.15, -0.1) is 0 Å². The van der Waals surface area contributed by atoms with Crippen molar-refractivity contribution >= 4 is 33.2 Å². The molecule has 19 heavy (non-hydrogen) atoms. The van der Waals surface area contributed by atoms with Gasteiger partial charge < -0.3 is 5.32 Å². The van der Waals surface area contributed by atoms with Crippen LogP contribution < -0.4 is 10.5 Å². The third-order valence-electron chi connectivity index (χ3n) is 2.26. The molecule has 1 heterocycles. The molecule has 0 atom stereocenters. The van der Waals surface area contributed by atoms with Crippen LogP contribution in [0.15, 0.2) is 35.4 Å². The Balaban J connectivity index is 2.17. The molecule has 0 spiro atoms. The van der Waals surface area contributed by atoms with Gasteiger partial charge in [0, 0.05) is 5.69 Å². The van der Waals surface area contributed by atoms with Gasteiger partial charge in [-0.3, -0.25) is 9.89 Å². The Kier molecular flexibility index (Phi) is 3.56. The minimum absolute atomic E-state index is 0.0370. The molecule has 0 aliphatic rings. The van der Waals surface area contributed by atoms with E-state index in [4.69, 9.17) is 16.7 Å². The Hall–Kier alpha value is -1.90. The number of hydrogen-bond donors (Lipinski definition) is 3. The number of nitrogens with one attached hydrogen (secondary N) is 2. The Labute approximate surface area is 113 Å². The summed E-state index contributed by atoms with van der Waals surface area (Å²) in [6, 6.07) is 5.42. The van der Waals surface area contributed by atoms with E-state index in [0.717, 1.165) is 0 Å². The van der Waals surface area contributed by atoms with Gasteiger partial charge in [-0.25, -0.2) is 13.6 Å². The lowest BCUT2D eigenvalue weighted by atomic mass is 10.3. The van der Waals surface area contributed by atoms with Crippen LogP contribution in [0, 0.1) is 0 Å². The summed E-state index contributed by atoms with van der Waals surface area (Å²) in [5, 5.41) is 13.8. The van der Waals surface area contributed by atoms with Crippen LogP contribution in [-0.2, 0) is 10.0 Å². The van der Waals surface area contributed by atoms with Crippen molar-refractivity contribution in [1.82, 2.24) is 10.2 Å². The fourth-order valence-electron chi connectivity index (χ4n) is 1.35. The Bertz CT molecular complexity index is 709. The molecule has 9 heteroatoms. The normalized spacial score (nSPS) is 11.3. The van der Waals surface area contributed by atoms with Crippen LogP contribution in [0.1, 0.15) is 10.5 Å². The van der Waals surface area contributed by atoms with E-state index in [9.17, 15) is 13.2 Å². The van der Waals surface area contributed by atoms with Gasteiger partial charge in [-0.1, -0.05) is 11.6 Å². The van der Waals surface area contributed by atoms with Crippen molar-refractivity contribution < 1.29 is 13.2 Å². The maximum atomic E-state index is 11.8. The first-order valence-electron chi connectivity index (χ1n) is 5.01. The monoisotopic (exact) mass is 300 g/mol. The number of amides is 1. The number of carbonyl (C=O) groups is 1. The van der Waals surface area contributed by atoms with Crippen molar-refractivity contribution in [3.05, 3.63) is 41.2 Å². The molecule has 0 radical (unpaired) electrons. The van der Waals surface area contributed by atoms with Gasteiger partial charge in [0.25, 0.3) is 5.91 Å². The van der Waals surface area contributed by atoms with E-state index in [-0.39, 0.29) is 15.6 Å². The lowest BCUT2D eigenvalue weighted by Gasteiger charge is -2.04. The second-order valence-corrected chi connectivity index (χ2v) is 5.59. The number of nitrogens with zero attached hydrogens (tertiary/aromatic N) is 1.